The van der Waals surface area contributed by atoms with Crippen LogP contribution in [-0.4, -0.2) is 16.6 Å². The van der Waals surface area contributed by atoms with Crippen molar-refractivity contribution in [2.45, 2.75) is 19.1 Å². The fourth-order valence-corrected chi connectivity index (χ4v) is 4.31. The summed E-state index contributed by atoms with van der Waals surface area (Å²) < 4.78 is 5.10. The molecule has 4 N–H and O–H groups in total. The van der Waals surface area contributed by atoms with Gasteiger partial charge in [-0.1, -0.05) is 78.9 Å². The zero-order valence-corrected chi connectivity index (χ0v) is 17.5. The molecule has 0 amide bonds. The van der Waals surface area contributed by atoms with Gasteiger partial charge in [0.2, 0.25) is 6.49 Å². The molecule has 3 aromatic carbocycles. The van der Waals surface area contributed by atoms with E-state index in [1.807, 2.05) is 85.8 Å². The topological polar surface area (TPSA) is 75.7 Å². The number of hydrogen-bond acceptors (Lipinski definition) is 4. The summed E-state index contributed by atoms with van der Waals surface area (Å²) in [6.07, 6.45) is -0.663. The molecule has 0 saturated carbocycles. The third-order valence-electron chi connectivity index (χ3n) is 4.05. The average Bonchev–Trinajstić information content (AvgIpc) is 2.75. The lowest BCUT2D eigenvalue weighted by molar-refractivity contribution is 0.147. The van der Waals surface area contributed by atoms with Gasteiger partial charge < -0.3 is 20.3 Å². The van der Waals surface area contributed by atoms with Crippen molar-refractivity contribution in [1.82, 2.24) is 0 Å². The molecule has 28 heavy (non-hydrogen) atoms. The van der Waals surface area contributed by atoms with Crippen LogP contribution in [0.5, 0.6) is 0 Å². The van der Waals surface area contributed by atoms with Crippen LogP contribution in [-0.2, 0) is 16.3 Å². The van der Waals surface area contributed by atoms with Gasteiger partial charge in [-0.2, -0.15) is 0 Å². The maximum absolute atomic E-state index is 10.1. The zero-order valence-electron chi connectivity index (χ0n) is 15.8. The standard InChI is InChI=1S/C14H15NO.C8H11O2PS/c15-13(11-7-3-1-4-8-11)14(16)12-9-5-2-6-10-12;1-2-10-11(9,12)8-6-4-3-5-7-8/h1-10,13-14,16H,15H2;3-7H,2H2,1H3,(H,9,12)/t13-,14+;/m1./s1. The van der Waals surface area contributed by atoms with Crippen molar-refractivity contribution < 1.29 is 14.5 Å². The maximum Gasteiger partial charge on any atom is 0.216 e. The minimum absolute atomic E-state index is 0.386. The molecule has 0 heterocycles. The SMILES string of the molecule is CCOP(O)(=S)c1ccccc1.N[C@H](c1ccccc1)[C@@H](O)c1ccccc1. The van der Waals surface area contributed by atoms with Crippen molar-refractivity contribution in [3.05, 3.63) is 102 Å². The van der Waals surface area contributed by atoms with Crippen LogP contribution < -0.4 is 11.0 Å². The van der Waals surface area contributed by atoms with Gasteiger partial charge in [0.15, 0.2) is 0 Å². The van der Waals surface area contributed by atoms with E-state index in [2.05, 4.69) is 0 Å². The van der Waals surface area contributed by atoms with Crippen molar-refractivity contribution in [3.8, 4) is 0 Å². The minimum atomic E-state index is -2.71. The monoisotopic (exact) mass is 415 g/mol. The number of benzene rings is 3. The minimum Gasteiger partial charge on any atom is -0.386 e. The summed E-state index contributed by atoms with van der Waals surface area (Å²) in [6.45, 7) is -0.445. The number of aliphatic hydroxyl groups is 1. The summed E-state index contributed by atoms with van der Waals surface area (Å²) in [5.41, 5.74) is 7.81. The molecule has 0 spiro atoms. The second kappa shape index (κ2) is 11.2. The maximum atomic E-state index is 10.1. The van der Waals surface area contributed by atoms with Crippen molar-refractivity contribution in [3.63, 3.8) is 0 Å². The van der Waals surface area contributed by atoms with E-state index in [0.29, 0.717) is 11.9 Å². The highest BCUT2D eigenvalue weighted by Crippen LogP contribution is 2.40. The van der Waals surface area contributed by atoms with Gasteiger partial charge in [0, 0.05) is 5.30 Å². The van der Waals surface area contributed by atoms with E-state index in [1.165, 1.54) is 0 Å². The fourth-order valence-electron chi connectivity index (χ4n) is 2.58. The number of hydrogen-bond donors (Lipinski definition) is 3. The lowest BCUT2D eigenvalue weighted by Gasteiger charge is -2.19. The second-order valence-corrected chi connectivity index (χ2v) is 9.37. The van der Waals surface area contributed by atoms with Crippen LogP contribution in [0.3, 0.4) is 0 Å². The highest BCUT2D eigenvalue weighted by atomic mass is 32.5. The highest BCUT2D eigenvalue weighted by Gasteiger charge is 2.17. The Labute approximate surface area is 171 Å². The first-order valence-corrected chi connectivity index (χ1v) is 11.7. The third kappa shape index (κ3) is 6.64. The van der Waals surface area contributed by atoms with Crippen LogP contribution in [0, 0.1) is 0 Å². The zero-order chi connectivity index (χ0) is 20.4. The molecule has 0 aliphatic carbocycles. The predicted molar refractivity (Wildman–Crippen MR) is 119 cm³/mol. The van der Waals surface area contributed by atoms with E-state index in [0.717, 1.165) is 11.1 Å². The largest absolute Gasteiger partial charge is 0.386 e. The highest BCUT2D eigenvalue weighted by molar-refractivity contribution is 8.13. The van der Waals surface area contributed by atoms with Crippen LogP contribution in [0.2, 0.25) is 0 Å². The van der Waals surface area contributed by atoms with E-state index in [1.54, 1.807) is 12.1 Å². The van der Waals surface area contributed by atoms with E-state index in [-0.39, 0.29) is 6.04 Å². The lowest BCUT2D eigenvalue weighted by atomic mass is 9.97. The summed E-state index contributed by atoms with van der Waals surface area (Å²) in [5, 5.41) is 10.8. The quantitative estimate of drug-likeness (QED) is 0.529. The Morgan fingerprint density at radius 2 is 1.29 bits per heavy atom. The van der Waals surface area contributed by atoms with E-state index in [4.69, 9.17) is 22.1 Å². The molecule has 0 aromatic heterocycles. The molecule has 0 aliphatic rings. The summed E-state index contributed by atoms with van der Waals surface area (Å²) >= 11 is 4.95. The molecular formula is C22H26NO3PS. The van der Waals surface area contributed by atoms with Gasteiger partial charge in [0.25, 0.3) is 0 Å². The summed E-state index contributed by atoms with van der Waals surface area (Å²) in [5.74, 6) is 0. The van der Waals surface area contributed by atoms with Gasteiger partial charge in [-0.15, -0.1) is 0 Å². The lowest BCUT2D eigenvalue weighted by Crippen LogP contribution is -2.19. The Bertz CT molecular complexity index is 819. The van der Waals surface area contributed by atoms with Crippen LogP contribution in [0.4, 0.5) is 0 Å². The van der Waals surface area contributed by atoms with Gasteiger partial charge in [-0.25, -0.2) is 0 Å². The average molecular weight is 415 g/mol. The van der Waals surface area contributed by atoms with Crippen molar-refractivity contribution in [1.29, 1.82) is 0 Å². The van der Waals surface area contributed by atoms with Crippen molar-refractivity contribution >= 4 is 23.6 Å². The Balaban J connectivity index is 0.000000209. The summed E-state index contributed by atoms with van der Waals surface area (Å²) in [4.78, 5) is 9.69. The number of aliphatic hydroxyl groups excluding tert-OH is 1. The fraction of sp³-hybridized carbons (Fsp3) is 0.182. The van der Waals surface area contributed by atoms with Gasteiger partial charge in [-0.05, 0) is 42.0 Å². The van der Waals surface area contributed by atoms with Crippen molar-refractivity contribution in [2.24, 2.45) is 5.73 Å². The van der Waals surface area contributed by atoms with Crippen LogP contribution >= 0.6 is 6.49 Å². The van der Waals surface area contributed by atoms with Crippen LogP contribution in [0.25, 0.3) is 0 Å². The number of rotatable bonds is 6. The normalized spacial score (nSPS) is 14.9. The van der Waals surface area contributed by atoms with Gasteiger partial charge >= 0.3 is 0 Å². The Kier molecular flexibility index (Phi) is 9.00. The number of nitrogens with two attached hydrogens (primary N) is 1. The molecule has 1 unspecified atom stereocenters. The first-order chi connectivity index (χ1) is 13.5. The Hall–Kier alpha value is -1.85. The van der Waals surface area contributed by atoms with Gasteiger partial charge in [0.1, 0.15) is 0 Å². The molecular weight excluding hydrogens is 389 g/mol. The molecule has 3 rings (SSSR count). The smallest absolute Gasteiger partial charge is 0.216 e. The van der Waals surface area contributed by atoms with Crippen molar-refractivity contribution in [2.75, 3.05) is 6.61 Å². The molecule has 0 radical (unpaired) electrons. The van der Waals surface area contributed by atoms with Crippen LogP contribution in [0.1, 0.15) is 30.2 Å². The Morgan fingerprint density at radius 3 is 1.75 bits per heavy atom. The van der Waals surface area contributed by atoms with Crippen LogP contribution in [0.15, 0.2) is 91.0 Å². The third-order valence-corrected chi connectivity index (χ3v) is 6.56. The molecule has 4 nitrogen and oxygen atoms in total. The molecule has 148 valence electrons. The second-order valence-electron chi connectivity index (χ2n) is 6.07. The summed E-state index contributed by atoms with van der Waals surface area (Å²) in [7, 11) is 0. The van der Waals surface area contributed by atoms with Gasteiger partial charge in [0.05, 0.1) is 18.8 Å². The molecule has 0 bridgehead atoms. The van der Waals surface area contributed by atoms with E-state index >= 15 is 0 Å². The molecule has 6 heteroatoms. The van der Waals surface area contributed by atoms with E-state index in [9.17, 15) is 10.00 Å². The Morgan fingerprint density at radius 1 is 0.857 bits per heavy atom. The van der Waals surface area contributed by atoms with E-state index < -0.39 is 12.6 Å². The van der Waals surface area contributed by atoms with Gasteiger partial charge in [-0.3, -0.25) is 0 Å². The molecule has 3 atom stereocenters. The first kappa shape index (κ1) is 22.4. The summed E-state index contributed by atoms with van der Waals surface area (Å²) in [6, 6.07) is 27.9. The first-order valence-electron chi connectivity index (χ1n) is 9.02. The molecule has 3 aromatic rings. The molecule has 0 aliphatic heterocycles. The molecule has 0 saturated heterocycles. The predicted octanol–water partition coefficient (Wildman–Crippen LogP) is 4.07. The molecule has 0 fully saturated rings.